The van der Waals surface area contributed by atoms with Crippen LogP contribution in [0.25, 0.3) is 11.0 Å². The van der Waals surface area contributed by atoms with Crippen molar-refractivity contribution < 1.29 is 4.79 Å². The highest BCUT2D eigenvalue weighted by molar-refractivity contribution is 7.08. The van der Waals surface area contributed by atoms with Crippen molar-refractivity contribution in [2.45, 2.75) is 32.2 Å². The lowest BCUT2D eigenvalue weighted by atomic mass is 10.2. The number of nitrogens with zero attached hydrogens (tertiary/aromatic N) is 4. The molecule has 6 nitrogen and oxygen atoms in total. The first-order valence-corrected chi connectivity index (χ1v) is 8.62. The average molecular weight is 327 g/mol. The van der Waals surface area contributed by atoms with Crippen LogP contribution in [0.3, 0.4) is 0 Å². The highest BCUT2D eigenvalue weighted by Crippen LogP contribution is 2.33. The first-order chi connectivity index (χ1) is 11.3. The van der Waals surface area contributed by atoms with E-state index < -0.39 is 0 Å². The zero-order valence-corrected chi connectivity index (χ0v) is 13.6. The van der Waals surface area contributed by atoms with Crippen LogP contribution >= 0.6 is 11.5 Å². The minimum atomic E-state index is 0.00158. The van der Waals surface area contributed by atoms with Gasteiger partial charge in [0.05, 0.1) is 22.8 Å². The molecule has 1 aromatic carbocycles. The van der Waals surface area contributed by atoms with Crippen LogP contribution in [0, 0.1) is 0 Å². The summed E-state index contributed by atoms with van der Waals surface area (Å²) in [5.41, 5.74) is 2.74. The molecule has 3 heterocycles. The highest BCUT2D eigenvalue weighted by Gasteiger charge is 2.34. The molecule has 23 heavy (non-hydrogen) atoms. The first-order valence-electron chi connectivity index (χ1n) is 7.84. The maximum absolute atomic E-state index is 12.9. The van der Waals surface area contributed by atoms with E-state index in [1.54, 1.807) is 0 Å². The number of imidazole rings is 1. The molecule has 7 heteroatoms. The summed E-state index contributed by atoms with van der Waals surface area (Å²) in [6.45, 7) is 2.75. The van der Waals surface area contributed by atoms with Crippen molar-refractivity contribution in [3.05, 3.63) is 40.7 Å². The van der Waals surface area contributed by atoms with Crippen LogP contribution in [0.5, 0.6) is 0 Å². The maximum atomic E-state index is 12.9. The van der Waals surface area contributed by atoms with Gasteiger partial charge in [-0.05, 0) is 42.9 Å². The SMILES string of the molecule is CCc1nnsc1C(=O)N1CCCC1c1nc2ccccc2[nH]1. The van der Waals surface area contributed by atoms with Gasteiger partial charge >= 0.3 is 0 Å². The molecule has 2 aromatic heterocycles. The number of carbonyl (C=O) groups excluding carboxylic acids is 1. The van der Waals surface area contributed by atoms with Crippen LogP contribution < -0.4 is 0 Å². The number of aromatic nitrogens is 4. The Morgan fingerprint density at radius 3 is 3.13 bits per heavy atom. The van der Waals surface area contributed by atoms with Gasteiger partial charge in [-0.3, -0.25) is 4.79 Å². The van der Waals surface area contributed by atoms with E-state index in [0.717, 1.165) is 48.4 Å². The molecule has 1 aliphatic rings. The van der Waals surface area contributed by atoms with E-state index in [-0.39, 0.29) is 11.9 Å². The molecule has 1 aliphatic heterocycles. The van der Waals surface area contributed by atoms with Gasteiger partial charge in [0, 0.05) is 6.54 Å². The van der Waals surface area contributed by atoms with E-state index in [9.17, 15) is 4.79 Å². The Labute approximate surface area is 137 Å². The number of nitrogens with one attached hydrogen (secondary N) is 1. The normalized spacial score (nSPS) is 18.0. The molecule has 4 rings (SSSR count). The van der Waals surface area contributed by atoms with Gasteiger partial charge in [0.2, 0.25) is 0 Å². The van der Waals surface area contributed by atoms with E-state index in [0.29, 0.717) is 4.88 Å². The number of hydrogen-bond donors (Lipinski definition) is 1. The van der Waals surface area contributed by atoms with E-state index in [4.69, 9.17) is 0 Å². The monoisotopic (exact) mass is 327 g/mol. The molecular weight excluding hydrogens is 310 g/mol. The molecule has 0 aliphatic carbocycles. The molecule has 1 unspecified atom stereocenters. The predicted octanol–water partition coefficient (Wildman–Crippen LogP) is 2.95. The topological polar surface area (TPSA) is 74.8 Å². The number of H-pyrrole nitrogens is 1. The van der Waals surface area contributed by atoms with Crippen LogP contribution in [0.15, 0.2) is 24.3 Å². The van der Waals surface area contributed by atoms with Gasteiger partial charge in [-0.2, -0.15) is 0 Å². The van der Waals surface area contributed by atoms with Gasteiger partial charge in [0.1, 0.15) is 10.7 Å². The summed E-state index contributed by atoms with van der Waals surface area (Å²) in [6, 6.07) is 7.95. The third-order valence-electron chi connectivity index (χ3n) is 4.32. The van der Waals surface area contributed by atoms with Gasteiger partial charge in [-0.15, -0.1) is 5.10 Å². The summed E-state index contributed by atoms with van der Waals surface area (Å²) in [6.07, 6.45) is 2.64. The van der Waals surface area contributed by atoms with Gasteiger partial charge in [0.15, 0.2) is 0 Å². The molecule has 1 atom stereocenters. The smallest absolute Gasteiger partial charge is 0.268 e. The van der Waals surface area contributed by atoms with Crippen molar-refractivity contribution in [1.29, 1.82) is 0 Å². The number of aryl methyl sites for hydroxylation is 1. The number of para-hydroxylation sites is 2. The summed E-state index contributed by atoms with van der Waals surface area (Å²) in [5.74, 6) is 0.896. The lowest BCUT2D eigenvalue weighted by Gasteiger charge is -2.22. The standard InChI is InChI=1S/C16H17N5OS/c1-2-10-14(23-20-19-10)16(22)21-9-5-8-13(21)15-17-11-6-3-4-7-12(11)18-15/h3-4,6-7,13H,2,5,8-9H2,1H3,(H,17,18). The van der Waals surface area contributed by atoms with Crippen molar-refractivity contribution >= 4 is 28.5 Å². The third kappa shape index (κ3) is 2.41. The van der Waals surface area contributed by atoms with Gasteiger partial charge in [0.25, 0.3) is 5.91 Å². The van der Waals surface area contributed by atoms with Crippen molar-refractivity contribution in [3.63, 3.8) is 0 Å². The molecule has 1 saturated heterocycles. The number of hydrogen-bond acceptors (Lipinski definition) is 5. The van der Waals surface area contributed by atoms with Crippen molar-refractivity contribution in [2.24, 2.45) is 0 Å². The van der Waals surface area contributed by atoms with Crippen LogP contribution in [0.4, 0.5) is 0 Å². The molecule has 0 bridgehead atoms. The lowest BCUT2D eigenvalue weighted by Crippen LogP contribution is -2.31. The summed E-state index contributed by atoms with van der Waals surface area (Å²) >= 11 is 1.19. The van der Waals surface area contributed by atoms with Gasteiger partial charge in [-0.1, -0.05) is 23.5 Å². The molecule has 0 radical (unpaired) electrons. The largest absolute Gasteiger partial charge is 0.340 e. The molecule has 1 fully saturated rings. The van der Waals surface area contributed by atoms with Crippen LogP contribution in [0.2, 0.25) is 0 Å². The van der Waals surface area contributed by atoms with Crippen LogP contribution in [-0.2, 0) is 6.42 Å². The number of amides is 1. The Morgan fingerprint density at radius 2 is 2.30 bits per heavy atom. The minimum absolute atomic E-state index is 0.00158. The number of aromatic amines is 1. The second-order valence-corrected chi connectivity index (χ2v) is 6.45. The van der Waals surface area contributed by atoms with E-state index in [2.05, 4.69) is 19.6 Å². The Balaban J connectivity index is 1.67. The molecule has 1 N–H and O–H groups in total. The van der Waals surface area contributed by atoms with E-state index >= 15 is 0 Å². The summed E-state index contributed by atoms with van der Waals surface area (Å²) in [4.78, 5) is 23.5. The molecule has 118 valence electrons. The Morgan fingerprint density at radius 1 is 1.43 bits per heavy atom. The fourth-order valence-corrected chi connectivity index (χ4v) is 3.86. The third-order valence-corrected chi connectivity index (χ3v) is 5.08. The summed E-state index contributed by atoms with van der Waals surface area (Å²) in [5, 5.41) is 4.06. The summed E-state index contributed by atoms with van der Waals surface area (Å²) < 4.78 is 3.94. The zero-order valence-electron chi connectivity index (χ0n) is 12.8. The van der Waals surface area contributed by atoms with Gasteiger partial charge in [-0.25, -0.2) is 4.98 Å². The van der Waals surface area contributed by atoms with Gasteiger partial charge < -0.3 is 9.88 Å². The van der Waals surface area contributed by atoms with Crippen molar-refractivity contribution in [3.8, 4) is 0 Å². The van der Waals surface area contributed by atoms with E-state index in [1.165, 1.54) is 11.5 Å². The molecular formula is C16H17N5OS. The predicted molar refractivity (Wildman–Crippen MR) is 88.4 cm³/mol. The second kappa shape index (κ2) is 5.73. The van der Waals surface area contributed by atoms with Crippen LogP contribution in [0.1, 0.15) is 47.0 Å². The fraction of sp³-hybridized carbons (Fsp3) is 0.375. The molecule has 0 saturated carbocycles. The Bertz CT molecular complexity index is 822. The Kier molecular flexibility index (Phi) is 3.57. The lowest BCUT2D eigenvalue weighted by molar-refractivity contribution is 0.0734. The molecule has 0 spiro atoms. The second-order valence-electron chi connectivity index (χ2n) is 5.70. The molecule has 3 aromatic rings. The van der Waals surface area contributed by atoms with Crippen LogP contribution in [-0.4, -0.2) is 36.9 Å². The molecule has 1 amide bonds. The maximum Gasteiger partial charge on any atom is 0.268 e. The number of likely N-dealkylation sites (tertiary alicyclic amines) is 1. The van der Waals surface area contributed by atoms with E-state index in [1.807, 2.05) is 36.1 Å². The fourth-order valence-electron chi connectivity index (χ4n) is 3.16. The Hall–Kier alpha value is -2.28. The number of carbonyl (C=O) groups is 1. The highest BCUT2D eigenvalue weighted by atomic mass is 32.1. The quantitative estimate of drug-likeness (QED) is 0.802. The average Bonchev–Trinajstić information content (AvgIpc) is 3.30. The number of rotatable bonds is 3. The zero-order chi connectivity index (χ0) is 15.8. The van der Waals surface area contributed by atoms with Crippen molar-refractivity contribution in [2.75, 3.05) is 6.54 Å². The number of benzene rings is 1. The first kappa shape index (κ1) is 14.3. The minimum Gasteiger partial charge on any atom is -0.340 e. The van der Waals surface area contributed by atoms with Crippen molar-refractivity contribution in [1.82, 2.24) is 24.5 Å². The number of fused-ring (bicyclic) bond motifs is 1. The summed E-state index contributed by atoms with van der Waals surface area (Å²) in [7, 11) is 0.